The monoisotopic (exact) mass is 461 g/mol. The third-order valence-corrected chi connectivity index (χ3v) is 6.64. The molecule has 1 saturated heterocycles. The first-order valence-corrected chi connectivity index (χ1v) is 11.0. The third-order valence-electron chi connectivity index (χ3n) is 6.64. The average molecular weight is 462 g/mol. The predicted molar refractivity (Wildman–Crippen MR) is 115 cm³/mol. The van der Waals surface area contributed by atoms with Crippen LogP contribution in [0.1, 0.15) is 26.7 Å². The van der Waals surface area contributed by atoms with E-state index in [1.807, 2.05) is 0 Å². The Morgan fingerprint density at radius 2 is 1.81 bits per heavy atom. The van der Waals surface area contributed by atoms with E-state index in [2.05, 4.69) is 5.32 Å². The van der Waals surface area contributed by atoms with E-state index in [4.69, 9.17) is 41.9 Å². The van der Waals surface area contributed by atoms with Crippen LogP contribution in [-0.4, -0.2) is 102 Å². The summed E-state index contributed by atoms with van der Waals surface area (Å²) in [6, 6.07) is -2.44. The summed E-state index contributed by atoms with van der Waals surface area (Å²) in [4.78, 5) is 0. The lowest BCUT2D eigenvalue weighted by Gasteiger charge is -2.52. The van der Waals surface area contributed by atoms with E-state index in [1.54, 1.807) is 27.0 Å². The molecule has 0 radical (unpaired) electrons. The predicted octanol–water partition coefficient (Wildman–Crippen LogP) is -3.46. The molecule has 0 aromatic rings. The minimum Gasteiger partial charge on any atom is -0.467 e. The molecule has 2 heterocycles. The minimum absolute atomic E-state index is 0.0947. The zero-order valence-electron chi connectivity index (χ0n) is 18.9. The van der Waals surface area contributed by atoms with Crippen LogP contribution < -0.4 is 28.3 Å². The number of hydrogen-bond acceptors (Lipinski definition) is 12. The maximum atomic E-state index is 11.1. The van der Waals surface area contributed by atoms with Gasteiger partial charge in [0.05, 0.1) is 25.2 Å². The molecule has 186 valence electrons. The molecular formula is C20H39N5O7. The highest BCUT2D eigenvalue weighted by Crippen LogP contribution is 2.36. The summed E-state index contributed by atoms with van der Waals surface area (Å²) in [5.74, 6) is -0.991. The van der Waals surface area contributed by atoms with Gasteiger partial charge in [-0.05, 0) is 39.8 Å². The number of ether oxygens (including phenoxy) is 4. The van der Waals surface area contributed by atoms with Crippen molar-refractivity contribution in [3.63, 3.8) is 0 Å². The smallest absolute Gasteiger partial charge is 0.215 e. The second-order valence-electron chi connectivity index (χ2n) is 9.37. The lowest BCUT2D eigenvalue weighted by atomic mass is 9.83. The Bertz CT molecular complexity index is 683. The van der Waals surface area contributed by atoms with E-state index in [0.29, 0.717) is 12.2 Å². The third kappa shape index (κ3) is 4.95. The van der Waals surface area contributed by atoms with Crippen LogP contribution in [0.15, 0.2) is 11.8 Å². The Balaban J connectivity index is 1.75. The summed E-state index contributed by atoms with van der Waals surface area (Å²) in [5.41, 5.74) is 23.0. The molecule has 0 amide bonds. The van der Waals surface area contributed by atoms with Gasteiger partial charge in [0.15, 0.2) is 5.79 Å². The van der Waals surface area contributed by atoms with Gasteiger partial charge in [-0.25, -0.2) is 0 Å². The summed E-state index contributed by atoms with van der Waals surface area (Å²) in [6.45, 7) is 3.20. The van der Waals surface area contributed by atoms with Crippen molar-refractivity contribution in [1.29, 1.82) is 0 Å². The van der Waals surface area contributed by atoms with Crippen LogP contribution >= 0.6 is 0 Å². The van der Waals surface area contributed by atoms with Gasteiger partial charge < -0.3 is 62.5 Å². The van der Waals surface area contributed by atoms with E-state index in [0.717, 1.165) is 0 Å². The van der Waals surface area contributed by atoms with Crippen molar-refractivity contribution in [3.05, 3.63) is 11.8 Å². The Morgan fingerprint density at radius 1 is 1.16 bits per heavy atom. The standard InChI is InChI=1S/C20H39N5O7/c1-19(28)8-29-20(2,17(27)16(19)25-3)32-15-12(24)6-11(23)14(13(15)26)31-18-10(22)5-4-9(7-21)30-18/h4,10-18,25-28H,5-8,21-24H2,1-3H3. The molecule has 1 saturated carbocycles. The maximum Gasteiger partial charge on any atom is 0.215 e. The highest BCUT2D eigenvalue weighted by atomic mass is 16.7. The summed E-state index contributed by atoms with van der Waals surface area (Å²) in [6.07, 6.45) is -2.59. The van der Waals surface area contributed by atoms with Crippen LogP contribution in [0.5, 0.6) is 0 Å². The molecule has 1 aliphatic carbocycles. The van der Waals surface area contributed by atoms with E-state index >= 15 is 0 Å². The molecule has 3 aliphatic rings. The van der Waals surface area contributed by atoms with Gasteiger partial charge in [0.1, 0.15) is 35.8 Å². The molecule has 11 unspecified atom stereocenters. The lowest BCUT2D eigenvalue weighted by molar-refractivity contribution is -0.356. The molecule has 0 aromatic heterocycles. The van der Waals surface area contributed by atoms with Crippen molar-refractivity contribution in [2.24, 2.45) is 22.9 Å². The van der Waals surface area contributed by atoms with Crippen LogP contribution in [-0.2, 0) is 18.9 Å². The summed E-state index contributed by atoms with van der Waals surface area (Å²) in [5, 5.41) is 35.4. The lowest BCUT2D eigenvalue weighted by Crippen LogP contribution is -2.72. The van der Waals surface area contributed by atoms with Crippen LogP contribution in [0.25, 0.3) is 0 Å². The molecular weight excluding hydrogens is 422 g/mol. The molecule has 12 N–H and O–H groups in total. The number of nitrogens with two attached hydrogens (primary N) is 4. The van der Waals surface area contributed by atoms with Crippen molar-refractivity contribution in [3.8, 4) is 0 Å². The van der Waals surface area contributed by atoms with Crippen LogP contribution in [0.3, 0.4) is 0 Å². The molecule has 11 atom stereocenters. The molecule has 0 spiro atoms. The van der Waals surface area contributed by atoms with Crippen LogP contribution in [0, 0.1) is 0 Å². The zero-order chi connectivity index (χ0) is 23.8. The van der Waals surface area contributed by atoms with Crippen LogP contribution in [0.2, 0.25) is 0 Å². The number of rotatable bonds is 6. The molecule has 32 heavy (non-hydrogen) atoms. The van der Waals surface area contributed by atoms with Crippen molar-refractivity contribution in [2.45, 2.75) is 93.0 Å². The zero-order valence-corrected chi connectivity index (χ0v) is 18.9. The van der Waals surface area contributed by atoms with Gasteiger partial charge in [-0.1, -0.05) is 0 Å². The fourth-order valence-electron chi connectivity index (χ4n) is 4.64. The molecule has 2 aliphatic heterocycles. The fraction of sp³-hybridized carbons (Fsp3) is 0.900. The number of aliphatic hydroxyl groups is 3. The largest absolute Gasteiger partial charge is 0.467 e. The SMILES string of the molecule is CNC1C(O)C(C)(OC2C(N)CC(N)C(OC3OC(CN)=CCC3N)C2O)OCC1(C)O. The van der Waals surface area contributed by atoms with Crippen LogP contribution in [0.4, 0.5) is 0 Å². The van der Waals surface area contributed by atoms with E-state index in [-0.39, 0.29) is 19.6 Å². The van der Waals surface area contributed by atoms with Gasteiger partial charge in [-0.3, -0.25) is 0 Å². The highest BCUT2D eigenvalue weighted by Gasteiger charge is 2.56. The molecule has 0 bridgehead atoms. The Labute approximate surface area is 188 Å². The number of aliphatic hydroxyl groups excluding tert-OH is 2. The average Bonchev–Trinajstić information content (AvgIpc) is 2.73. The van der Waals surface area contributed by atoms with Gasteiger partial charge >= 0.3 is 0 Å². The van der Waals surface area contributed by atoms with Crippen molar-refractivity contribution >= 4 is 0 Å². The van der Waals surface area contributed by atoms with E-state index in [1.165, 1.54) is 0 Å². The van der Waals surface area contributed by atoms with Crippen molar-refractivity contribution in [1.82, 2.24) is 5.32 Å². The minimum atomic E-state index is -1.54. The van der Waals surface area contributed by atoms with Crippen molar-refractivity contribution < 1.29 is 34.3 Å². The van der Waals surface area contributed by atoms with Gasteiger partial charge in [-0.2, -0.15) is 0 Å². The van der Waals surface area contributed by atoms with Gasteiger partial charge in [0, 0.05) is 12.1 Å². The van der Waals surface area contributed by atoms with E-state index in [9.17, 15) is 15.3 Å². The summed E-state index contributed by atoms with van der Waals surface area (Å²) < 4.78 is 23.5. The molecule has 12 heteroatoms. The molecule has 3 rings (SSSR count). The van der Waals surface area contributed by atoms with Gasteiger partial charge in [0.2, 0.25) is 6.29 Å². The topological polar surface area (TPSA) is 214 Å². The molecule has 12 nitrogen and oxygen atoms in total. The van der Waals surface area contributed by atoms with Crippen molar-refractivity contribution in [2.75, 3.05) is 20.2 Å². The number of likely N-dealkylation sites (N-methyl/N-ethyl adjacent to an activating group) is 1. The Kier molecular flexibility index (Phi) is 7.85. The maximum absolute atomic E-state index is 11.1. The first kappa shape index (κ1) is 25.7. The fourth-order valence-corrected chi connectivity index (χ4v) is 4.64. The second kappa shape index (κ2) is 9.76. The summed E-state index contributed by atoms with van der Waals surface area (Å²) >= 11 is 0. The Morgan fingerprint density at radius 3 is 2.44 bits per heavy atom. The van der Waals surface area contributed by atoms with Gasteiger partial charge in [0.25, 0.3) is 0 Å². The van der Waals surface area contributed by atoms with Gasteiger partial charge in [-0.15, -0.1) is 0 Å². The number of nitrogens with one attached hydrogen (secondary N) is 1. The number of hydrogen-bond donors (Lipinski definition) is 8. The highest BCUT2D eigenvalue weighted by molar-refractivity contribution is 5.06. The summed E-state index contributed by atoms with van der Waals surface area (Å²) in [7, 11) is 1.62. The first-order valence-electron chi connectivity index (χ1n) is 11.0. The quantitative estimate of drug-likeness (QED) is 0.194. The second-order valence-corrected chi connectivity index (χ2v) is 9.37. The Hall–Kier alpha value is -0.900. The molecule has 0 aromatic carbocycles. The molecule has 2 fully saturated rings. The first-order chi connectivity index (χ1) is 14.9. The normalized spacial score (nSPS) is 49.9. The van der Waals surface area contributed by atoms with E-state index < -0.39 is 66.3 Å².